The average Bonchev–Trinajstić information content (AvgIpc) is 3.38. The van der Waals surface area contributed by atoms with Crippen LogP contribution in [0.15, 0.2) is 61.4 Å². The summed E-state index contributed by atoms with van der Waals surface area (Å²) in [7, 11) is 4.11. The number of H-pyrrole nitrogens is 1. The Kier molecular flexibility index (Phi) is 7.25. The molecule has 3 heterocycles. The van der Waals surface area contributed by atoms with Gasteiger partial charge in [0.15, 0.2) is 0 Å². The van der Waals surface area contributed by atoms with Gasteiger partial charge in [-0.25, -0.2) is 14.4 Å². The van der Waals surface area contributed by atoms with E-state index in [4.69, 9.17) is 0 Å². The number of nitrogens with zero attached hydrogens (tertiary/aromatic N) is 5. The van der Waals surface area contributed by atoms with Crippen molar-refractivity contribution in [3.05, 3.63) is 72.8 Å². The molecule has 2 aromatic carbocycles. The van der Waals surface area contributed by atoms with E-state index in [1.807, 2.05) is 29.2 Å². The highest BCUT2D eigenvalue weighted by Gasteiger charge is 2.24. The summed E-state index contributed by atoms with van der Waals surface area (Å²) in [5, 5.41) is 16.4. The maximum Gasteiger partial charge on any atom is 0.247 e. The minimum Gasteiger partial charge on any atom is -0.369 e. The van der Waals surface area contributed by atoms with Gasteiger partial charge in [-0.05, 0) is 45.1 Å². The number of anilines is 4. The number of fused-ring (bicyclic) bond motifs is 1. The molecule has 9 nitrogen and oxygen atoms in total. The van der Waals surface area contributed by atoms with Crippen LogP contribution in [0, 0.1) is 17.1 Å². The molecule has 39 heavy (non-hydrogen) atoms. The number of piperidine rings is 1. The zero-order chi connectivity index (χ0) is 27.5. The lowest BCUT2D eigenvalue weighted by Gasteiger charge is -2.36. The summed E-state index contributed by atoms with van der Waals surface area (Å²) < 4.78 is 15.5. The lowest BCUT2D eigenvalue weighted by Crippen LogP contribution is -2.42. The van der Waals surface area contributed by atoms with E-state index in [0.717, 1.165) is 35.4 Å². The maximum atomic E-state index is 15.5. The standard InChI is InChI=1S/C29H29FN8O/c1-4-27(39)34-25-14-26(38-11-9-19(10-12-38)37(2)3)22(30)13-24(25)35-29-33-16-18(15-31)28(36-29)21-17-32-23-8-6-5-7-20(21)23/h4-8,13-14,16-17,19,32H,1,9-12H2,2-3H3,(H,34,39)(H,33,35,36). The predicted molar refractivity (Wildman–Crippen MR) is 151 cm³/mol. The number of hydrogen-bond acceptors (Lipinski definition) is 7. The first kappa shape index (κ1) is 25.9. The highest BCUT2D eigenvalue weighted by atomic mass is 19.1. The van der Waals surface area contributed by atoms with Gasteiger partial charge in [0, 0.05) is 47.9 Å². The second-order valence-electron chi connectivity index (χ2n) is 9.67. The fraction of sp³-hybridized carbons (Fsp3) is 0.241. The van der Waals surface area contributed by atoms with Crippen LogP contribution in [0.3, 0.4) is 0 Å². The first-order valence-electron chi connectivity index (χ1n) is 12.7. The minimum absolute atomic E-state index is 0.155. The molecule has 3 N–H and O–H groups in total. The van der Waals surface area contributed by atoms with Crippen molar-refractivity contribution in [3.8, 4) is 17.3 Å². The zero-order valence-corrected chi connectivity index (χ0v) is 21.8. The van der Waals surface area contributed by atoms with Gasteiger partial charge in [-0.1, -0.05) is 24.8 Å². The maximum absolute atomic E-state index is 15.5. The number of para-hydroxylation sites is 1. The normalized spacial score (nSPS) is 13.9. The summed E-state index contributed by atoms with van der Waals surface area (Å²) in [5.74, 6) is -0.701. The van der Waals surface area contributed by atoms with Gasteiger partial charge in [0.2, 0.25) is 11.9 Å². The Morgan fingerprint density at radius 2 is 2.03 bits per heavy atom. The third-order valence-corrected chi connectivity index (χ3v) is 7.07. The second kappa shape index (κ2) is 10.9. The summed E-state index contributed by atoms with van der Waals surface area (Å²) in [6, 6.07) is 13.3. The van der Waals surface area contributed by atoms with E-state index in [2.05, 4.69) is 57.2 Å². The Morgan fingerprint density at radius 3 is 2.74 bits per heavy atom. The first-order valence-corrected chi connectivity index (χ1v) is 12.7. The van der Waals surface area contributed by atoms with Gasteiger partial charge in [0.25, 0.3) is 0 Å². The van der Waals surface area contributed by atoms with Gasteiger partial charge in [0.1, 0.15) is 11.9 Å². The molecule has 1 aliphatic rings. The third-order valence-electron chi connectivity index (χ3n) is 7.07. The fourth-order valence-corrected chi connectivity index (χ4v) is 4.93. The lowest BCUT2D eigenvalue weighted by molar-refractivity contribution is -0.111. The Balaban J connectivity index is 1.50. The van der Waals surface area contributed by atoms with Crippen molar-refractivity contribution >= 4 is 39.8 Å². The summed E-state index contributed by atoms with van der Waals surface area (Å²) in [5.41, 5.74) is 3.45. The van der Waals surface area contributed by atoms with Crippen molar-refractivity contribution in [2.45, 2.75) is 18.9 Å². The van der Waals surface area contributed by atoms with E-state index < -0.39 is 11.7 Å². The van der Waals surface area contributed by atoms with E-state index in [-0.39, 0.29) is 11.6 Å². The lowest BCUT2D eigenvalue weighted by atomic mass is 10.0. The molecular formula is C29H29FN8O. The van der Waals surface area contributed by atoms with E-state index in [1.54, 1.807) is 12.3 Å². The molecule has 2 aromatic heterocycles. The highest BCUT2D eigenvalue weighted by molar-refractivity contribution is 6.02. The zero-order valence-electron chi connectivity index (χ0n) is 21.8. The van der Waals surface area contributed by atoms with Crippen molar-refractivity contribution < 1.29 is 9.18 Å². The molecule has 1 amide bonds. The van der Waals surface area contributed by atoms with Crippen LogP contribution in [0.4, 0.5) is 27.4 Å². The summed E-state index contributed by atoms with van der Waals surface area (Å²) in [6.07, 6.45) is 6.20. The van der Waals surface area contributed by atoms with Crippen LogP contribution < -0.4 is 15.5 Å². The number of rotatable bonds is 7. The highest BCUT2D eigenvalue weighted by Crippen LogP contribution is 2.35. The Labute approximate surface area is 226 Å². The number of halogens is 1. The van der Waals surface area contributed by atoms with Crippen LogP contribution in [-0.2, 0) is 4.79 Å². The van der Waals surface area contributed by atoms with Crippen LogP contribution in [0.25, 0.3) is 22.2 Å². The molecule has 0 saturated carbocycles. The largest absolute Gasteiger partial charge is 0.369 e. The smallest absolute Gasteiger partial charge is 0.247 e. The quantitative estimate of drug-likeness (QED) is 0.291. The molecular weight excluding hydrogens is 495 g/mol. The number of carbonyl (C=O) groups excluding carboxylic acids is 1. The molecule has 0 unspecified atom stereocenters. The topological polar surface area (TPSA) is 113 Å². The number of benzene rings is 2. The molecule has 0 aliphatic carbocycles. The molecule has 1 fully saturated rings. The van der Waals surface area contributed by atoms with Crippen LogP contribution in [0.2, 0.25) is 0 Å². The summed E-state index contributed by atoms with van der Waals surface area (Å²) in [4.78, 5) is 28.5. The number of hydrogen-bond donors (Lipinski definition) is 3. The Hall–Kier alpha value is -4.75. The van der Waals surface area contributed by atoms with Crippen molar-refractivity contribution in [1.82, 2.24) is 19.9 Å². The molecule has 0 atom stereocenters. The van der Waals surface area contributed by atoms with Crippen molar-refractivity contribution in [1.29, 1.82) is 5.26 Å². The second-order valence-corrected chi connectivity index (χ2v) is 9.67. The number of nitriles is 1. The van der Waals surface area contributed by atoms with Gasteiger partial charge in [-0.15, -0.1) is 0 Å². The number of carbonyl (C=O) groups is 1. The molecule has 4 aromatic rings. The Bertz CT molecular complexity index is 1580. The summed E-state index contributed by atoms with van der Waals surface area (Å²) in [6.45, 7) is 4.93. The molecule has 0 radical (unpaired) electrons. The van der Waals surface area contributed by atoms with Gasteiger partial charge >= 0.3 is 0 Å². The SMILES string of the molecule is C=CC(=O)Nc1cc(N2CCC(N(C)C)CC2)c(F)cc1Nc1ncc(C#N)c(-c2c[nH]c3ccccc23)n1. The number of nitrogens with one attached hydrogen (secondary N) is 3. The third kappa shape index (κ3) is 5.30. The van der Waals surface area contributed by atoms with E-state index in [9.17, 15) is 10.1 Å². The molecule has 198 valence electrons. The van der Waals surface area contributed by atoms with Crippen LogP contribution in [0.5, 0.6) is 0 Å². The van der Waals surface area contributed by atoms with Crippen molar-refractivity contribution in [3.63, 3.8) is 0 Å². The van der Waals surface area contributed by atoms with E-state index in [0.29, 0.717) is 41.8 Å². The van der Waals surface area contributed by atoms with Crippen molar-refractivity contribution in [2.75, 3.05) is 42.7 Å². The van der Waals surface area contributed by atoms with Gasteiger partial charge < -0.3 is 25.4 Å². The number of aromatic amines is 1. The van der Waals surface area contributed by atoms with Gasteiger partial charge in [-0.2, -0.15) is 5.26 Å². The fourth-order valence-electron chi connectivity index (χ4n) is 4.93. The van der Waals surface area contributed by atoms with E-state index >= 15 is 4.39 Å². The molecule has 0 bridgehead atoms. The molecule has 1 aliphatic heterocycles. The monoisotopic (exact) mass is 524 g/mol. The van der Waals surface area contributed by atoms with Crippen LogP contribution in [-0.4, -0.2) is 59.0 Å². The van der Waals surface area contributed by atoms with Gasteiger partial charge in [0.05, 0.1) is 34.5 Å². The molecule has 1 saturated heterocycles. The van der Waals surface area contributed by atoms with Crippen LogP contribution in [0.1, 0.15) is 18.4 Å². The first-order chi connectivity index (χ1) is 18.9. The average molecular weight is 525 g/mol. The summed E-state index contributed by atoms with van der Waals surface area (Å²) >= 11 is 0. The van der Waals surface area contributed by atoms with Crippen molar-refractivity contribution in [2.24, 2.45) is 0 Å². The number of aromatic nitrogens is 3. The Morgan fingerprint density at radius 1 is 1.26 bits per heavy atom. The molecule has 0 spiro atoms. The predicted octanol–water partition coefficient (Wildman–Crippen LogP) is 5.03. The number of amides is 1. The van der Waals surface area contributed by atoms with Crippen LogP contribution >= 0.6 is 0 Å². The van der Waals surface area contributed by atoms with Gasteiger partial charge in [-0.3, -0.25) is 4.79 Å². The molecule has 10 heteroatoms. The molecule has 5 rings (SSSR count). The minimum atomic E-state index is -0.429. The van der Waals surface area contributed by atoms with E-state index in [1.165, 1.54) is 12.3 Å².